The summed E-state index contributed by atoms with van der Waals surface area (Å²) < 4.78 is 0. The normalized spacial score (nSPS) is 11.6. The van der Waals surface area contributed by atoms with Gasteiger partial charge in [0, 0.05) is 5.56 Å². The van der Waals surface area contributed by atoms with Crippen molar-refractivity contribution >= 4 is 43.4 Å². The number of fused-ring (bicyclic) bond motifs is 5. The summed E-state index contributed by atoms with van der Waals surface area (Å²) in [6.45, 7) is 0. The number of hydrogen-bond acceptors (Lipinski definition) is 1. The lowest BCUT2D eigenvalue weighted by molar-refractivity contribution is 1.34. The molecular formula is C31H20N2. The zero-order valence-corrected chi connectivity index (χ0v) is 17.9. The zero-order chi connectivity index (χ0) is 21.8. The number of imidazole rings is 1. The number of benzene rings is 6. The number of rotatable bonds is 2. The highest BCUT2D eigenvalue weighted by atomic mass is 14.9. The molecule has 1 heterocycles. The van der Waals surface area contributed by atoms with Crippen molar-refractivity contribution in [3.8, 4) is 22.5 Å². The second-order valence-corrected chi connectivity index (χ2v) is 8.57. The number of aromatic nitrogens is 2. The summed E-state index contributed by atoms with van der Waals surface area (Å²) in [7, 11) is 0. The molecule has 0 atom stereocenters. The molecule has 33 heavy (non-hydrogen) atoms. The Bertz CT molecular complexity index is 1820. The molecule has 0 unspecified atom stereocenters. The fourth-order valence-electron chi connectivity index (χ4n) is 4.95. The Morgan fingerprint density at radius 3 is 2.09 bits per heavy atom. The molecule has 0 amide bonds. The van der Waals surface area contributed by atoms with Crippen molar-refractivity contribution in [1.82, 2.24) is 9.97 Å². The Morgan fingerprint density at radius 2 is 1.18 bits per heavy atom. The van der Waals surface area contributed by atoms with E-state index in [1.54, 1.807) is 0 Å². The van der Waals surface area contributed by atoms with Crippen molar-refractivity contribution < 1.29 is 0 Å². The minimum absolute atomic E-state index is 0.898. The predicted octanol–water partition coefficient (Wildman–Crippen LogP) is 8.36. The lowest BCUT2D eigenvalue weighted by Gasteiger charge is -2.06. The molecule has 0 aliphatic carbocycles. The van der Waals surface area contributed by atoms with E-state index >= 15 is 0 Å². The number of nitrogens with zero attached hydrogens (tertiary/aromatic N) is 1. The van der Waals surface area contributed by atoms with Gasteiger partial charge in [0.2, 0.25) is 0 Å². The maximum absolute atomic E-state index is 4.89. The molecule has 154 valence electrons. The summed E-state index contributed by atoms with van der Waals surface area (Å²) in [6.07, 6.45) is 0. The third kappa shape index (κ3) is 2.92. The van der Waals surface area contributed by atoms with Crippen molar-refractivity contribution in [2.24, 2.45) is 0 Å². The molecule has 2 nitrogen and oxygen atoms in total. The summed E-state index contributed by atoms with van der Waals surface area (Å²) >= 11 is 0. The Morgan fingerprint density at radius 1 is 0.485 bits per heavy atom. The summed E-state index contributed by atoms with van der Waals surface area (Å²) in [5.41, 5.74) is 5.56. The summed E-state index contributed by atoms with van der Waals surface area (Å²) in [6, 6.07) is 41.0. The zero-order valence-electron chi connectivity index (χ0n) is 17.9. The van der Waals surface area contributed by atoms with Crippen LogP contribution in [0.15, 0.2) is 115 Å². The van der Waals surface area contributed by atoms with Gasteiger partial charge in [-0.2, -0.15) is 0 Å². The van der Waals surface area contributed by atoms with Crippen LogP contribution in [0, 0.1) is 0 Å². The summed E-state index contributed by atoms with van der Waals surface area (Å²) in [5, 5.41) is 7.56. The summed E-state index contributed by atoms with van der Waals surface area (Å²) in [5.74, 6) is 0.898. The first-order valence-electron chi connectivity index (χ1n) is 11.2. The molecule has 6 aromatic carbocycles. The molecule has 0 saturated carbocycles. The van der Waals surface area contributed by atoms with Crippen LogP contribution in [0.5, 0.6) is 0 Å². The second kappa shape index (κ2) is 7.04. The van der Waals surface area contributed by atoms with Gasteiger partial charge in [-0.25, -0.2) is 4.98 Å². The topological polar surface area (TPSA) is 28.7 Å². The highest BCUT2D eigenvalue weighted by Gasteiger charge is 2.10. The highest BCUT2D eigenvalue weighted by molar-refractivity contribution is 6.08. The van der Waals surface area contributed by atoms with Gasteiger partial charge in [-0.3, -0.25) is 0 Å². The molecule has 0 saturated heterocycles. The predicted molar refractivity (Wildman–Crippen MR) is 139 cm³/mol. The monoisotopic (exact) mass is 420 g/mol. The van der Waals surface area contributed by atoms with E-state index in [0.29, 0.717) is 0 Å². The van der Waals surface area contributed by atoms with Crippen molar-refractivity contribution in [1.29, 1.82) is 0 Å². The van der Waals surface area contributed by atoms with E-state index in [9.17, 15) is 0 Å². The molecule has 0 spiro atoms. The lowest BCUT2D eigenvalue weighted by atomic mass is 9.98. The average molecular weight is 421 g/mol. The number of nitrogens with one attached hydrogen (secondary N) is 1. The number of hydrogen-bond donors (Lipinski definition) is 1. The van der Waals surface area contributed by atoms with Crippen molar-refractivity contribution in [2.45, 2.75) is 0 Å². The Balaban J connectivity index is 1.35. The Kier molecular flexibility index (Phi) is 3.88. The van der Waals surface area contributed by atoms with Gasteiger partial charge in [-0.1, -0.05) is 97.1 Å². The molecule has 0 radical (unpaired) electrons. The highest BCUT2D eigenvalue weighted by Crippen LogP contribution is 2.32. The van der Waals surface area contributed by atoms with Crippen LogP contribution in [0.1, 0.15) is 0 Å². The van der Waals surface area contributed by atoms with Gasteiger partial charge < -0.3 is 4.98 Å². The fraction of sp³-hybridized carbons (Fsp3) is 0. The van der Waals surface area contributed by atoms with E-state index in [1.165, 1.54) is 43.4 Å². The quantitative estimate of drug-likeness (QED) is 0.280. The van der Waals surface area contributed by atoms with Crippen molar-refractivity contribution in [3.63, 3.8) is 0 Å². The Labute approximate surface area is 191 Å². The van der Waals surface area contributed by atoms with Gasteiger partial charge in [0.05, 0.1) is 11.0 Å². The largest absolute Gasteiger partial charge is 0.338 e. The van der Waals surface area contributed by atoms with Crippen LogP contribution < -0.4 is 0 Å². The Hall–Kier alpha value is -4.43. The first kappa shape index (κ1) is 18.2. The van der Waals surface area contributed by atoms with Crippen LogP contribution in [0.25, 0.3) is 65.9 Å². The SMILES string of the molecule is c1ccc2c(-c3ccc4nc(-c5ccc6c(ccc7ccccc76)c5)[nH]c4c3)cccc2c1. The standard InChI is InChI=1S/C31H20N2/c1-3-9-25-20(6-1)8-5-11-27(25)23-15-17-29-30(19-23)33-31(32-29)24-14-16-28-22(18-24)13-12-21-7-2-4-10-26(21)28/h1-19H,(H,32,33). The van der Waals surface area contributed by atoms with Gasteiger partial charge in [-0.15, -0.1) is 0 Å². The van der Waals surface area contributed by atoms with Crippen LogP contribution in [0.2, 0.25) is 0 Å². The van der Waals surface area contributed by atoms with Gasteiger partial charge in [0.25, 0.3) is 0 Å². The van der Waals surface area contributed by atoms with Crippen LogP contribution in [-0.4, -0.2) is 9.97 Å². The van der Waals surface area contributed by atoms with E-state index in [0.717, 1.165) is 22.4 Å². The van der Waals surface area contributed by atoms with Crippen LogP contribution in [0.3, 0.4) is 0 Å². The van der Waals surface area contributed by atoms with E-state index < -0.39 is 0 Å². The van der Waals surface area contributed by atoms with E-state index in [1.807, 2.05) is 0 Å². The number of aromatic amines is 1. The molecule has 7 rings (SSSR count). The first-order chi connectivity index (χ1) is 16.3. The maximum atomic E-state index is 4.89. The van der Waals surface area contributed by atoms with Gasteiger partial charge in [-0.05, 0) is 61.6 Å². The van der Waals surface area contributed by atoms with Crippen molar-refractivity contribution in [3.05, 3.63) is 115 Å². The molecule has 7 aromatic rings. The molecular weight excluding hydrogens is 400 g/mol. The minimum Gasteiger partial charge on any atom is -0.338 e. The smallest absolute Gasteiger partial charge is 0.138 e. The molecule has 0 aliphatic heterocycles. The second-order valence-electron chi connectivity index (χ2n) is 8.57. The van der Waals surface area contributed by atoms with Crippen molar-refractivity contribution in [2.75, 3.05) is 0 Å². The number of H-pyrrole nitrogens is 1. The third-order valence-corrected chi connectivity index (χ3v) is 6.60. The van der Waals surface area contributed by atoms with Gasteiger partial charge >= 0.3 is 0 Å². The molecule has 2 heteroatoms. The maximum Gasteiger partial charge on any atom is 0.138 e. The van der Waals surface area contributed by atoms with Gasteiger partial charge in [0.1, 0.15) is 5.82 Å². The van der Waals surface area contributed by atoms with Crippen LogP contribution >= 0.6 is 0 Å². The third-order valence-electron chi connectivity index (χ3n) is 6.60. The van der Waals surface area contributed by atoms with Gasteiger partial charge in [0.15, 0.2) is 0 Å². The summed E-state index contributed by atoms with van der Waals surface area (Å²) in [4.78, 5) is 8.45. The molecule has 1 N–H and O–H groups in total. The molecule has 0 bridgehead atoms. The lowest BCUT2D eigenvalue weighted by Crippen LogP contribution is -1.83. The van der Waals surface area contributed by atoms with Crippen LogP contribution in [-0.2, 0) is 0 Å². The first-order valence-corrected chi connectivity index (χ1v) is 11.2. The molecule has 0 aliphatic rings. The minimum atomic E-state index is 0.898. The average Bonchev–Trinajstić information content (AvgIpc) is 3.31. The molecule has 0 fully saturated rings. The molecule has 1 aromatic heterocycles. The van der Waals surface area contributed by atoms with E-state index in [2.05, 4.69) is 120 Å². The van der Waals surface area contributed by atoms with Crippen LogP contribution in [0.4, 0.5) is 0 Å². The fourth-order valence-corrected chi connectivity index (χ4v) is 4.95. The van der Waals surface area contributed by atoms with E-state index in [-0.39, 0.29) is 0 Å². The van der Waals surface area contributed by atoms with E-state index in [4.69, 9.17) is 4.98 Å².